The maximum Gasteiger partial charge on any atom is 0.122 e. The fourth-order valence-corrected chi connectivity index (χ4v) is 1.60. The van der Waals surface area contributed by atoms with Gasteiger partial charge in [-0.2, -0.15) is 0 Å². The van der Waals surface area contributed by atoms with Crippen LogP contribution in [0.2, 0.25) is 0 Å². The van der Waals surface area contributed by atoms with Crippen molar-refractivity contribution in [3.8, 4) is 5.75 Å². The van der Waals surface area contributed by atoms with Gasteiger partial charge in [0.2, 0.25) is 0 Å². The molecule has 1 atom stereocenters. The van der Waals surface area contributed by atoms with E-state index in [4.69, 9.17) is 10.5 Å². The Morgan fingerprint density at radius 1 is 1.31 bits per heavy atom. The lowest BCUT2D eigenvalue weighted by molar-refractivity contribution is 0.275. The van der Waals surface area contributed by atoms with Gasteiger partial charge in [-0.1, -0.05) is 18.2 Å². The molecule has 0 fully saturated rings. The highest BCUT2D eigenvalue weighted by atomic mass is 16.5. The summed E-state index contributed by atoms with van der Waals surface area (Å²) in [5.41, 5.74) is 7.13. The summed E-state index contributed by atoms with van der Waals surface area (Å²) in [5.74, 6) is 0.958. The maximum absolute atomic E-state index is 5.96. The highest BCUT2D eigenvalue weighted by molar-refractivity contribution is 5.31. The number of aryl methyl sites for hydroxylation is 1. The largest absolute Gasteiger partial charge is 0.493 e. The van der Waals surface area contributed by atoms with Crippen molar-refractivity contribution in [1.82, 2.24) is 4.90 Å². The van der Waals surface area contributed by atoms with Gasteiger partial charge in [0.05, 0.1) is 6.61 Å². The van der Waals surface area contributed by atoms with Crippen molar-refractivity contribution in [2.75, 3.05) is 27.2 Å². The van der Waals surface area contributed by atoms with Crippen LogP contribution < -0.4 is 10.5 Å². The van der Waals surface area contributed by atoms with Crippen LogP contribution in [-0.2, 0) is 0 Å². The lowest BCUT2D eigenvalue weighted by Crippen LogP contribution is -2.34. The Labute approximate surface area is 98.2 Å². The van der Waals surface area contributed by atoms with Gasteiger partial charge in [0.25, 0.3) is 0 Å². The summed E-state index contributed by atoms with van der Waals surface area (Å²) in [6.45, 7) is 3.63. The minimum absolute atomic E-state index is 0.180. The third-order valence-electron chi connectivity index (χ3n) is 2.44. The molecule has 0 bridgehead atoms. The average Bonchev–Trinajstić information content (AvgIpc) is 2.19. The molecule has 0 radical (unpaired) electrons. The minimum atomic E-state index is 0.180. The summed E-state index contributed by atoms with van der Waals surface area (Å²) < 4.78 is 5.69. The van der Waals surface area contributed by atoms with E-state index in [1.165, 1.54) is 5.56 Å². The molecule has 90 valence electrons. The molecule has 0 saturated heterocycles. The SMILES string of the molecule is Cc1ccccc1OCCC(N)CN(C)C. The van der Waals surface area contributed by atoms with Crippen molar-refractivity contribution >= 4 is 0 Å². The third kappa shape index (κ3) is 4.64. The number of benzene rings is 1. The molecule has 0 saturated carbocycles. The van der Waals surface area contributed by atoms with Crippen LogP contribution in [0, 0.1) is 6.92 Å². The zero-order valence-corrected chi connectivity index (χ0v) is 10.4. The van der Waals surface area contributed by atoms with E-state index in [2.05, 4.69) is 17.9 Å². The van der Waals surface area contributed by atoms with Gasteiger partial charge in [-0.15, -0.1) is 0 Å². The summed E-state index contributed by atoms with van der Waals surface area (Å²) in [7, 11) is 4.06. The number of likely N-dealkylation sites (N-methyl/N-ethyl adjacent to an activating group) is 1. The van der Waals surface area contributed by atoms with Crippen LogP contribution in [0.3, 0.4) is 0 Å². The minimum Gasteiger partial charge on any atom is -0.493 e. The standard InChI is InChI=1S/C13H22N2O/c1-11-6-4-5-7-13(11)16-9-8-12(14)10-15(2)3/h4-7,12H,8-10,14H2,1-3H3. The molecule has 0 aromatic heterocycles. The molecule has 0 heterocycles. The number of nitrogens with zero attached hydrogens (tertiary/aromatic N) is 1. The van der Waals surface area contributed by atoms with Crippen LogP contribution in [0.25, 0.3) is 0 Å². The van der Waals surface area contributed by atoms with Crippen molar-refractivity contribution in [3.63, 3.8) is 0 Å². The lowest BCUT2D eigenvalue weighted by Gasteiger charge is -2.17. The summed E-state index contributed by atoms with van der Waals surface area (Å²) in [6, 6.07) is 8.23. The highest BCUT2D eigenvalue weighted by Gasteiger charge is 2.04. The Morgan fingerprint density at radius 2 is 2.00 bits per heavy atom. The van der Waals surface area contributed by atoms with Gasteiger partial charge in [0.1, 0.15) is 5.75 Å². The molecule has 0 spiro atoms. The van der Waals surface area contributed by atoms with Crippen molar-refractivity contribution in [1.29, 1.82) is 0 Å². The lowest BCUT2D eigenvalue weighted by atomic mass is 10.2. The van der Waals surface area contributed by atoms with Crippen LogP contribution >= 0.6 is 0 Å². The topological polar surface area (TPSA) is 38.5 Å². The zero-order chi connectivity index (χ0) is 12.0. The van der Waals surface area contributed by atoms with Gasteiger partial charge in [-0.25, -0.2) is 0 Å². The van der Waals surface area contributed by atoms with Gasteiger partial charge < -0.3 is 15.4 Å². The molecular weight excluding hydrogens is 200 g/mol. The molecule has 1 aromatic carbocycles. The van der Waals surface area contributed by atoms with E-state index in [1.54, 1.807) is 0 Å². The van der Waals surface area contributed by atoms with E-state index in [-0.39, 0.29) is 6.04 Å². The summed E-state index contributed by atoms with van der Waals surface area (Å²) in [4.78, 5) is 2.10. The zero-order valence-electron chi connectivity index (χ0n) is 10.4. The molecule has 0 aliphatic carbocycles. The molecule has 1 rings (SSSR count). The van der Waals surface area contributed by atoms with Crippen LogP contribution in [0.5, 0.6) is 5.75 Å². The Balaban J connectivity index is 2.28. The fraction of sp³-hybridized carbons (Fsp3) is 0.538. The van der Waals surface area contributed by atoms with Crippen molar-refractivity contribution in [3.05, 3.63) is 29.8 Å². The van der Waals surface area contributed by atoms with E-state index < -0.39 is 0 Å². The molecule has 1 aromatic rings. The van der Waals surface area contributed by atoms with Crippen molar-refractivity contribution < 1.29 is 4.74 Å². The van der Waals surface area contributed by atoms with E-state index in [1.807, 2.05) is 32.3 Å². The van der Waals surface area contributed by atoms with Gasteiger partial charge in [0, 0.05) is 12.6 Å². The van der Waals surface area contributed by atoms with Crippen molar-refractivity contribution in [2.24, 2.45) is 5.73 Å². The van der Waals surface area contributed by atoms with Gasteiger partial charge in [0.15, 0.2) is 0 Å². The second-order valence-electron chi connectivity index (χ2n) is 4.42. The molecule has 3 nitrogen and oxygen atoms in total. The van der Waals surface area contributed by atoms with E-state index in [0.29, 0.717) is 6.61 Å². The summed E-state index contributed by atoms with van der Waals surface area (Å²) in [5, 5.41) is 0. The highest BCUT2D eigenvalue weighted by Crippen LogP contribution is 2.16. The molecule has 0 aliphatic heterocycles. The number of hydrogen-bond acceptors (Lipinski definition) is 3. The Bertz CT molecular complexity index is 313. The number of nitrogens with two attached hydrogens (primary N) is 1. The van der Waals surface area contributed by atoms with Gasteiger partial charge in [-0.3, -0.25) is 0 Å². The number of rotatable bonds is 6. The molecule has 3 heteroatoms. The second kappa shape index (κ2) is 6.51. The van der Waals surface area contributed by atoms with E-state index >= 15 is 0 Å². The number of hydrogen-bond donors (Lipinski definition) is 1. The molecule has 0 amide bonds. The number of ether oxygens (including phenoxy) is 1. The van der Waals surface area contributed by atoms with Crippen LogP contribution in [0.4, 0.5) is 0 Å². The molecular formula is C13H22N2O. The molecule has 16 heavy (non-hydrogen) atoms. The quantitative estimate of drug-likeness (QED) is 0.795. The monoisotopic (exact) mass is 222 g/mol. The Kier molecular flexibility index (Phi) is 5.29. The average molecular weight is 222 g/mol. The molecule has 1 unspecified atom stereocenters. The summed E-state index contributed by atoms with van der Waals surface area (Å²) in [6.07, 6.45) is 0.881. The van der Waals surface area contributed by atoms with Crippen LogP contribution in [0.1, 0.15) is 12.0 Å². The summed E-state index contributed by atoms with van der Waals surface area (Å²) >= 11 is 0. The van der Waals surface area contributed by atoms with E-state index in [9.17, 15) is 0 Å². The smallest absolute Gasteiger partial charge is 0.122 e. The Hall–Kier alpha value is -1.06. The third-order valence-corrected chi connectivity index (χ3v) is 2.44. The predicted octanol–water partition coefficient (Wildman–Crippen LogP) is 1.65. The predicted molar refractivity (Wildman–Crippen MR) is 67.8 cm³/mol. The Morgan fingerprint density at radius 3 is 2.62 bits per heavy atom. The molecule has 0 aliphatic rings. The van der Waals surface area contributed by atoms with Gasteiger partial charge >= 0.3 is 0 Å². The fourth-order valence-electron chi connectivity index (χ4n) is 1.60. The van der Waals surface area contributed by atoms with Gasteiger partial charge in [-0.05, 0) is 39.1 Å². The first-order valence-corrected chi connectivity index (χ1v) is 5.68. The first-order chi connectivity index (χ1) is 7.59. The van der Waals surface area contributed by atoms with Crippen molar-refractivity contribution in [2.45, 2.75) is 19.4 Å². The first-order valence-electron chi connectivity index (χ1n) is 5.68. The maximum atomic E-state index is 5.96. The van der Waals surface area contributed by atoms with E-state index in [0.717, 1.165) is 18.7 Å². The van der Waals surface area contributed by atoms with Crippen LogP contribution in [-0.4, -0.2) is 38.2 Å². The number of para-hydroxylation sites is 1. The molecule has 2 N–H and O–H groups in total. The first kappa shape index (κ1) is 13.0. The second-order valence-corrected chi connectivity index (χ2v) is 4.42. The normalized spacial score (nSPS) is 12.8. The van der Waals surface area contributed by atoms with Crippen LogP contribution in [0.15, 0.2) is 24.3 Å².